The largest absolute Gasteiger partial charge is 0.433 e. The third kappa shape index (κ3) is 5.97. The second-order valence-electron chi connectivity index (χ2n) is 2.24. The number of carbonyl (C=O) groups excluding carboxylic acids is 1. The molecule has 0 heterocycles. The van der Waals surface area contributed by atoms with Crippen molar-refractivity contribution in [3.05, 3.63) is 12.3 Å². The van der Waals surface area contributed by atoms with Gasteiger partial charge in [-0.1, -0.05) is 18.7 Å². The van der Waals surface area contributed by atoms with E-state index in [1.807, 2.05) is 6.92 Å². The van der Waals surface area contributed by atoms with E-state index in [1.165, 1.54) is 25.9 Å². The van der Waals surface area contributed by atoms with E-state index in [1.54, 1.807) is 0 Å². The Morgan fingerprint density at radius 3 is 2.73 bits per heavy atom. The summed E-state index contributed by atoms with van der Waals surface area (Å²) in [5.74, 6) is 0.778. The van der Waals surface area contributed by atoms with Crippen LogP contribution in [0, 0.1) is 0 Å². The van der Waals surface area contributed by atoms with E-state index in [9.17, 15) is 4.79 Å². The minimum Gasteiger partial charge on any atom is -0.323 e. The van der Waals surface area contributed by atoms with E-state index in [0.29, 0.717) is 10.7 Å². The number of nitrogens with zero attached hydrogens (tertiary/aromatic N) is 1. The molecule has 1 amide bonds. The Morgan fingerprint density at radius 1 is 1.60 bits per heavy atom. The molecule has 0 aliphatic carbocycles. The first kappa shape index (κ1) is 13.8. The van der Waals surface area contributed by atoms with E-state index < -0.39 is 6.09 Å². The zero-order valence-corrected chi connectivity index (χ0v) is 9.81. The summed E-state index contributed by atoms with van der Waals surface area (Å²) in [5.41, 5.74) is 2.95. The fourth-order valence-electron chi connectivity index (χ4n) is 0.601. The maximum Gasteiger partial charge on any atom is 0.433 e. The highest BCUT2D eigenvalue weighted by Crippen LogP contribution is 2.09. The van der Waals surface area contributed by atoms with Gasteiger partial charge in [0, 0.05) is 7.05 Å². The molecule has 0 aromatic rings. The Morgan fingerprint density at radius 2 is 2.27 bits per heavy atom. The highest BCUT2D eigenvalue weighted by atomic mass is 32.2. The van der Waals surface area contributed by atoms with Crippen LogP contribution in [0.1, 0.15) is 6.92 Å². The number of hydrogen-bond donors (Lipinski definition) is 2. The molecule has 86 valence electrons. The number of hydroxylamine groups is 1. The van der Waals surface area contributed by atoms with E-state index in [0.717, 1.165) is 5.75 Å². The standard InChI is InChI=1S/C8H15N3O3S/c1-5-15-7(6(2)10-13-4)11-14-8(12)9-3/h10H,2,5H2,1,3-4H3,(H,9,12). The minimum absolute atomic E-state index is 0.438. The molecule has 0 bridgehead atoms. The highest BCUT2D eigenvalue weighted by molar-refractivity contribution is 8.14. The summed E-state index contributed by atoms with van der Waals surface area (Å²) >= 11 is 1.38. The Kier molecular flexibility index (Phi) is 7.47. The molecule has 0 unspecified atom stereocenters. The summed E-state index contributed by atoms with van der Waals surface area (Å²) in [6.45, 7) is 5.61. The van der Waals surface area contributed by atoms with E-state index in [2.05, 4.69) is 32.2 Å². The third-order valence-electron chi connectivity index (χ3n) is 1.18. The number of hydrogen-bond acceptors (Lipinski definition) is 6. The van der Waals surface area contributed by atoms with Gasteiger partial charge in [-0.25, -0.2) is 4.79 Å². The molecule has 0 rings (SSSR count). The summed E-state index contributed by atoms with van der Waals surface area (Å²) < 4.78 is 0. The molecular formula is C8H15N3O3S. The molecule has 0 aromatic heterocycles. The van der Waals surface area contributed by atoms with Crippen molar-refractivity contribution < 1.29 is 14.5 Å². The molecule has 6 nitrogen and oxygen atoms in total. The second kappa shape index (κ2) is 8.13. The van der Waals surface area contributed by atoms with Crippen molar-refractivity contribution in [1.29, 1.82) is 0 Å². The Bertz CT molecular complexity index is 256. The lowest BCUT2D eigenvalue weighted by Crippen LogP contribution is -2.20. The normalized spacial score (nSPS) is 10.7. The fourth-order valence-corrected chi connectivity index (χ4v) is 1.18. The van der Waals surface area contributed by atoms with Gasteiger partial charge in [-0.2, -0.15) is 0 Å². The van der Waals surface area contributed by atoms with Crippen LogP contribution in [0.4, 0.5) is 4.79 Å². The third-order valence-corrected chi connectivity index (χ3v) is 2.06. The summed E-state index contributed by atoms with van der Waals surface area (Å²) in [5, 5.41) is 6.36. The maximum absolute atomic E-state index is 10.8. The van der Waals surface area contributed by atoms with Crippen LogP contribution < -0.4 is 10.8 Å². The van der Waals surface area contributed by atoms with Crippen LogP contribution >= 0.6 is 11.8 Å². The first-order chi connectivity index (χ1) is 7.15. The van der Waals surface area contributed by atoms with Gasteiger partial charge in [0.25, 0.3) is 0 Å². The molecule has 0 radical (unpaired) electrons. The molecule has 0 saturated carbocycles. The zero-order chi connectivity index (χ0) is 11.7. The van der Waals surface area contributed by atoms with Gasteiger partial charge in [-0.15, -0.1) is 11.8 Å². The van der Waals surface area contributed by atoms with Gasteiger partial charge in [0.05, 0.1) is 12.8 Å². The second-order valence-corrected chi connectivity index (χ2v) is 3.50. The number of thioether (sulfide) groups is 1. The lowest BCUT2D eigenvalue weighted by molar-refractivity contribution is 0.122. The van der Waals surface area contributed by atoms with Crippen molar-refractivity contribution in [3.63, 3.8) is 0 Å². The Hall–Kier alpha value is -1.21. The highest BCUT2D eigenvalue weighted by Gasteiger charge is 2.06. The monoisotopic (exact) mass is 233 g/mol. The van der Waals surface area contributed by atoms with Crippen molar-refractivity contribution >= 4 is 22.9 Å². The average Bonchev–Trinajstić information content (AvgIpc) is 2.23. The minimum atomic E-state index is -0.630. The Labute approximate surface area is 93.0 Å². The van der Waals surface area contributed by atoms with Crippen LogP contribution in [0.15, 0.2) is 17.4 Å². The molecule has 0 fully saturated rings. The SMILES string of the molecule is C=C(NOC)C(=NOC(=O)NC)SCC. The van der Waals surface area contributed by atoms with Crippen molar-refractivity contribution in [3.8, 4) is 0 Å². The van der Waals surface area contributed by atoms with Crippen molar-refractivity contribution in [1.82, 2.24) is 10.8 Å². The Balaban J connectivity index is 4.36. The van der Waals surface area contributed by atoms with Gasteiger partial charge >= 0.3 is 6.09 Å². The number of rotatable bonds is 5. The number of oxime groups is 1. The zero-order valence-electron chi connectivity index (χ0n) is 8.99. The van der Waals surface area contributed by atoms with Gasteiger partial charge in [0.15, 0.2) is 5.04 Å². The van der Waals surface area contributed by atoms with Gasteiger partial charge in [-0.3, -0.25) is 15.2 Å². The molecule has 0 atom stereocenters. The van der Waals surface area contributed by atoms with Crippen molar-refractivity contribution in [2.45, 2.75) is 6.92 Å². The predicted octanol–water partition coefficient (Wildman–Crippen LogP) is 1.07. The molecule has 7 heteroatoms. The first-order valence-corrected chi connectivity index (χ1v) is 5.22. The average molecular weight is 233 g/mol. The summed E-state index contributed by atoms with van der Waals surface area (Å²) in [6, 6.07) is 0. The lowest BCUT2D eigenvalue weighted by atomic mass is 10.6. The lowest BCUT2D eigenvalue weighted by Gasteiger charge is -2.07. The van der Waals surface area contributed by atoms with E-state index in [-0.39, 0.29) is 0 Å². The van der Waals surface area contributed by atoms with Crippen LogP contribution in [-0.2, 0) is 9.68 Å². The van der Waals surface area contributed by atoms with Crippen LogP contribution in [0.25, 0.3) is 0 Å². The molecule has 0 saturated heterocycles. The summed E-state index contributed by atoms with van der Waals surface area (Å²) in [4.78, 5) is 20.0. The summed E-state index contributed by atoms with van der Waals surface area (Å²) in [7, 11) is 2.91. The van der Waals surface area contributed by atoms with E-state index in [4.69, 9.17) is 0 Å². The van der Waals surface area contributed by atoms with Crippen LogP contribution in [0.3, 0.4) is 0 Å². The van der Waals surface area contributed by atoms with Gasteiger partial charge in [-0.05, 0) is 5.75 Å². The van der Waals surface area contributed by atoms with Crippen molar-refractivity contribution in [2.24, 2.45) is 5.16 Å². The number of carbonyl (C=O) groups is 1. The fraction of sp³-hybridized carbons (Fsp3) is 0.500. The molecule has 0 aliphatic heterocycles. The first-order valence-electron chi connectivity index (χ1n) is 4.23. The summed E-state index contributed by atoms with van der Waals surface area (Å²) in [6.07, 6.45) is -0.630. The molecular weight excluding hydrogens is 218 g/mol. The van der Waals surface area contributed by atoms with Crippen LogP contribution in [0.2, 0.25) is 0 Å². The van der Waals surface area contributed by atoms with Crippen molar-refractivity contribution in [2.75, 3.05) is 19.9 Å². The number of amides is 1. The molecule has 15 heavy (non-hydrogen) atoms. The molecule has 0 aliphatic rings. The van der Waals surface area contributed by atoms with E-state index >= 15 is 0 Å². The van der Waals surface area contributed by atoms with Crippen LogP contribution in [0.5, 0.6) is 0 Å². The topological polar surface area (TPSA) is 71.9 Å². The van der Waals surface area contributed by atoms with Crippen LogP contribution in [-0.4, -0.2) is 31.0 Å². The molecule has 0 spiro atoms. The molecule has 2 N–H and O–H groups in total. The maximum atomic E-state index is 10.8. The quantitative estimate of drug-likeness (QED) is 0.322. The van der Waals surface area contributed by atoms with Gasteiger partial charge in [0.2, 0.25) is 0 Å². The molecule has 0 aromatic carbocycles. The smallest absolute Gasteiger partial charge is 0.323 e. The predicted molar refractivity (Wildman–Crippen MR) is 60.4 cm³/mol. The number of nitrogens with one attached hydrogen (secondary N) is 2. The van der Waals surface area contributed by atoms with Gasteiger partial charge < -0.3 is 5.32 Å². The van der Waals surface area contributed by atoms with Gasteiger partial charge in [0.1, 0.15) is 0 Å².